The van der Waals surface area contributed by atoms with Crippen molar-refractivity contribution in [1.82, 2.24) is 15.5 Å². The zero-order chi connectivity index (χ0) is 25.4. The van der Waals surface area contributed by atoms with Crippen LogP contribution in [0.15, 0.2) is 48.5 Å². The zero-order valence-corrected chi connectivity index (χ0v) is 20.6. The second-order valence-electron chi connectivity index (χ2n) is 9.23. The number of hydrogen-bond acceptors (Lipinski definition) is 5. The molecule has 0 aromatic heterocycles. The van der Waals surface area contributed by atoms with E-state index in [1.165, 1.54) is 0 Å². The van der Waals surface area contributed by atoms with Crippen LogP contribution in [0.5, 0.6) is 0 Å². The molecule has 0 saturated carbocycles. The molecule has 35 heavy (non-hydrogen) atoms. The number of nitrogens with zero attached hydrogens (tertiary/aromatic N) is 1. The summed E-state index contributed by atoms with van der Waals surface area (Å²) in [6.07, 6.45) is 1.73. The van der Waals surface area contributed by atoms with Gasteiger partial charge in [-0.15, -0.1) is 0 Å². The minimum atomic E-state index is -1.10. The predicted octanol–water partition coefficient (Wildman–Crippen LogP) is 3.61. The number of hydrogen-bond donors (Lipinski definition) is 3. The number of aliphatic carboxylic acids is 1. The van der Waals surface area contributed by atoms with Gasteiger partial charge in [0, 0.05) is 24.9 Å². The number of amides is 2. The molecular formula is C27H35N3O5. The molecule has 8 nitrogen and oxygen atoms in total. The van der Waals surface area contributed by atoms with Gasteiger partial charge in [-0.25, -0.2) is 9.59 Å². The molecule has 2 atom stereocenters. The number of carboxylic acid groups (broad SMARTS) is 1. The van der Waals surface area contributed by atoms with Crippen LogP contribution in [0.4, 0.5) is 4.79 Å². The van der Waals surface area contributed by atoms with E-state index in [4.69, 9.17) is 4.74 Å². The van der Waals surface area contributed by atoms with E-state index in [0.29, 0.717) is 6.42 Å². The third kappa shape index (κ3) is 7.05. The van der Waals surface area contributed by atoms with Crippen LogP contribution in [-0.2, 0) is 14.3 Å². The molecule has 0 saturated heterocycles. The van der Waals surface area contributed by atoms with Gasteiger partial charge in [0.15, 0.2) is 0 Å². The molecule has 3 N–H and O–H groups in total. The Morgan fingerprint density at radius 3 is 2.14 bits per heavy atom. The van der Waals surface area contributed by atoms with Crippen molar-refractivity contribution in [2.75, 3.05) is 27.2 Å². The molecule has 0 radical (unpaired) electrons. The van der Waals surface area contributed by atoms with Gasteiger partial charge in [-0.05, 0) is 42.8 Å². The third-order valence-corrected chi connectivity index (χ3v) is 6.18. The van der Waals surface area contributed by atoms with Crippen LogP contribution in [0, 0.1) is 0 Å². The first-order valence-electron chi connectivity index (χ1n) is 12.1. The second-order valence-corrected chi connectivity index (χ2v) is 9.23. The highest BCUT2D eigenvalue weighted by Gasteiger charge is 2.29. The number of rotatable bonds is 12. The van der Waals surface area contributed by atoms with Crippen LogP contribution in [-0.4, -0.2) is 67.3 Å². The average molecular weight is 482 g/mol. The van der Waals surface area contributed by atoms with Gasteiger partial charge in [0.1, 0.15) is 12.6 Å². The first-order valence-corrected chi connectivity index (χ1v) is 12.1. The van der Waals surface area contributed by atoms with E-state index in [2.05, 4.69) is 34.9 Å². The number of carbonyl (C=O) groups is 3. The van der Waals surface area contributed by atoms with Gasteiger partial charge in [-0.3, -0.25) is 4.79 Å². The Bertz CT molecular complexity index is 993. The molecule has 0 unspecified atom stereocenters. The van der Waals surface area contributed by atoms with Gasteiger partial charge in [-0.1, -0.05) is 68.3 Å². The number of alkyl carbamates (subject to hydrolysis) is 1. The van der Waals surface area contributed by atoms with Crippen molar-refractivity contribution >= 4 is 18.0 Å². The van der Waals surface area contributed by atoms with Crippen LogP contribution in [0.3, 0.4) is 0 Å². The van der Waals surface area contributed by atoms with Crippen LogP contribution in [0.1, 0.15) is 49.7 Å². The molecule has 3 rings (SSSR count). The normalized spacial score (nSPS) is 14.1. The van der Waals surface area contributed by atoms with Crippen molar-refractivity contribution in [3.05, 3.63) is 59.7 Å². The summed E-state index contributed by atoms with van der Waals surface area (Å²) in [5.74, 6) is -1.56. The molecule has 2 aromatic rings. The number of ether oxygens (including phenoxy) is 1. The van der Waals surface area contributed by atoms with Crippen molar-refractivity contribution in [3.8, 4) is 11.1 Å². The van der Waals surface area contributed by atoms with Crippen LogP contribution < -0.4 is 10.6 Å². The van der Waals surface area contributed by atoms with Crippen molar-refractivity contribution in [1.29, 1.82) is 0 Å². The Kier molecular flexibility index (Phi) is 9.25. The Hall–Kier alpha value is -3.39. The summed E-state index contributed by atoms with van der Waals surface area (Å²) in [5.41, 5.74) is 4.56. The Labute approximate surface area is 206 Å². The fourth-order valence-corrected chi connectivity index (χ4v) is 4.51. The first kappa shape index (κ1) is 26.2. The molecule has 0 aliphatic heterocycles. The lowest BCUT2D eigenvalue weighted by molar-refractivity contribution is -0.142. The largest absolute Gasteiger partial charge is 0.480 e. The fraction of sp³-hybridized carbons (Fsp3) is 0.444. The van der Waals surface area contributed by atoms with Gasteiger partial charge in [0.05, 0.1) is 0 Å². The van der Waals surface area contributed by atoms with Crippen LogP contribution in [0.25, 0.3) is 11.1 Å². The standard InChI is InChI=1S/C27H35N3O5/c1-4-5-10-18(15-25(31)29-24(26(32)33)16-30(2)3)28-27(34)35-17-23-21-13-8-6-11-19(21)20-12-7-9-14-22(20)23/h6-9,11-14,18,23-24H,4-5,10,15-17H2,1-3H3,(H,28,34)(H,29,31)(H,32,33)/t18-,24-/m0/s1. The molecule has 1 aliphatic rings. The number of fused-ring (bicyclic) bond motifs is 3. The maximum Gasteiger partial charge on any atom is 0.407 e. The number of carbonyl (C=O) groups excluding carboxylic acids is 2. The highest BCUT2D eigenvalue weighted by Crippen LogP contribution is 2.44. The van der Waals surface area contributed by atoms with Crippen molar-refractivity contribution < 1.29 is 24.2 Å². The van der Waals surface area contributed by atoms with Gasteiger partial charge in [-0.2, -0.15) is 0 Å². The number of unbranched alkanes of at least 4 members (excludes halogenated alkanes) is 1. The quantitative estimate of drug-likeness (QED) is 0.428. The molecular weight excluding hydrogens is 446 g/mol. The first-order chi connectivity index (χ1) is 16.8. The van der Waals surface area contributed by atoms with Gasteiger partial charge in [0.25, 0.3) is 0 Å². The van der Waals surface area contributed by atoms with E-state index < -0.39 is 30.1 Å². The average Bonchev–Trinajstić information content (AvgIpc) is 3.14. The lowest BCUT2D eigenvalue weighted by atomic mass is 9.98. The summed E-state index contributed by atoms with van der Waals surface area (Å²) in [4.78, 5) is 38.4. The molecule has 1 aliphatic carbocycles. The molecule has 8 heteroatoms. The summed E-state index contributed by atoms with van der Waals surface area (Å²) in [6.45, 7) is 2.40. The summed E-state index contributed by atoms with van der Waals surface area (Å²) >= 11 is 0. The van der Waals surface area contributed by atoms with E-state index in [1.54, 1.807) is 19.0 Å². The van der Waals surface area contributed by atoms with Crippen LogP contribution in [0.2, 0.25) is 0 Å². The van der Waals surface area contributed by atoms with Crippen LogP contribution >= 0.6 is 0 Å². The van der Waals surface area contributed by atoms with E-state index in [0.717, 1.165) is 35.1 Å². The van der Waals surface area contributed by atoms with E-state index in [1.807, 2.05) is 31.2 Å². The summed E-state index contributed by atoms with van der Waals surface area (Å²) in [7, 11) is 3.48. The van der Waals surface area contributed by atoms with Gasteiger partial charge >= 0.3 is 12.1 Å². The molecule has 188 valence electrons. The summed E-state index contributed by atoms with van der Waals surface area (Å²) in [5, 5.41) is 14.7. The zero-order valence-electron chi connectivity index (χ0n) is 20.6. The highest BCUT2D eigenvalue weighted by molar-refractivity contribution is 5.84. The lowest BCUT2D eigenvalue weighted by Gasteiger charge is -2.22. The minimum Gasteiger partial charge on any atom is -0.480 e. The molecule has 0 heterocycles. The van der Waals surface area contributed by atoms with Gasteiger partial charge < -0.3 is 25.4 Å². The molecule has 0 bridgehead atoms. The maximum absolute atomic E-state index is 12.7. The molecule has 2 amide bonds. The van der Waals surface area contributed by atoms with Crippen molar-refractivity contribution in [3.63, 3.8) is 0 Å². The number of likely N-dealkylation sites (N-methyl/N-ethyl adjacent to an activating group) is 1. The fourth-order valence-electron chi connectivity index (χ4n) is 4.51. The smallest absolute Gasteiger partial charge is 0.407 e. The number of benzene rings is 2. The molecule has 0 spiro atoms. The highest BCUT2D eigenvalue weighted by atomic mass is 16.5. The number of nitrogens with one attached hydrogen (secondary N) is 2. The lowest BCUT2D eigenvalue weighted by Crippen LogP contribution is -2.48. The summed E-state index contributed by atoms with van der Waals surface area (Å²) < 4.78 is 5.62. The monoisotopic (exact) mass is 481 g/mol. The van der Waals surface area contributed by atoms with Crippen molar-refractivity contribution in [2.24, 2.45) is 0 Å². The predicted molar refractivity (Wildman–Crippen MR) is 134 cm³/mol. The topological polar surface area (TPSA) is 108 Å². The minimum absolute atomic E-state index is 0.0125. The van der Waals surface area contributed by atoms with E-state index in [9.17, 15) is 19.5 Å². The third-order valence-electron chi connectivity index (χ3n) is 6.18. The Balaban J connectivity index is 1.60. The summed E-state index contributed by atoms with van der Waals surface area (Å²) in [6, 6.07) is 14.8. The number of carboxylic acids is 1. The Morgan fingerprint density at radius 2 is 1.60 bits per heavy atom. The van der Waals surface area contributed by atoms with Gasteiger partial charge in [0.2, 0.25) is 5.91 Å². The molecule has 2 aromatic carbocycles. The van der Waals surface area contributed by atoms with E-state index in [-0.39, 0.29) is 25.5 Å². The van der Waals surface area contributed by atoms with Crippen molar-refractivity contribution in [2.45, 2.75) is 50.6 Å². The maximum atomic E-state index is 12.7. The second kappa shape index (κ2) is 12.4. The Morgan fingerprint density at radius 1 is 1.00 bits per heavy atom. The van der Waals surface area contributed by atoms with E-state index >= 15 is 0 Å². The molecule has 0 fully saturated rings. The SMILES string of the molecule is CCCC[C@@H](CC(=O)N[C@@H](CN(C)C)C(=O)O)NC(=O)OCC1c2ccccc2-c2ccccc21.